The van der Waals surface area contributed by atoms with Gasteiger partial charge in [-0.15, -0.1) is 11.8 Å². The first kappa shape index (κ1) is 18.9. The number of hydrogen-bond acceptors (Lipinski definition) is 3. The van der Waals surface area contributed by atoms with Gasteiger partial charge in [0.1, 0.15) is 11.7 Å². The van der Waals surface area contributed by atoms with Crippen molar-refractivity contribution < 1.29 is 9.59 Å². The molecule has 3 rings (SSSR count). The molecule has 2 aromatic rings. The number of ketones is 2. The number of Topliss-reactive ketones (excluding diaryl/α,β-unsaturated/α-hetero) is 2. The minimum atomic E-state index is -0.691. The van der Waals surface area contributed by atoms with Crippen LogP contribution in [-0.4, -0.2) is 17.8 Å². The predicted octanol–water partition coefficient (Wildman–Crippen LogP) is 5.98. The Bertz CT molecular complexity index is 817. The molecule has 0 amide bonds. The van der Waals surface area contributed by atoms with Gasteiger partial charge in [-0.3, -0.25) is 9.59 Å². The molecule has 0 saturated heterocycles. The van der Waals surface area contributed by atoms with Crippen LogP contribution in [0, 0.1) is 5.92 Å². The Morgan fingerprint density at radius 3 is 2.32 bits per heavy atom. The number of hydrogen-bond donors (Lipinski definition) is 0. The van der Waals surface area contributed by atoms with E-state index in [9.17, 15) is 9.59 Å². The Morgan fingerprint density at radius 2 is 1.72 bits per heavy atom. The summed E-state index contributed by atoms with van der Waals surface area (Å²) >= 11 is 8.61. The molecule has 3 atom stereocenters. The van der Waals surface area contributed by atoms with E-state index < -0.39 is 5.92 Å². The predicted molar refractivity (Wildman–Crippen MR) is 109 cm³/mol. The highest BCUT2D eigenvalue weighted by atomic mass is 79.9. The summed E-state index contributed by atoms with van der Waals surface area (Å²) in [6.07, 6.45) is 2.46. The summed E-state index contributed by atoms with van der Waals surface area (Å²) < 4.78 is 1.70. The van der Waals surface area contributed by atoms with Crippen LogP contribution in [0.25, 0.3) is 0 Å². The molecule has 0 spiro atoms. The van der Waals surface area contributed by atoms with E-state index in [-0.39, 0.29) is 23.4 Å². The Morgan fingerprint density at radius 1 is 1.04 bits per heavy atom. The Labute approximate surface area is 169 Å². The minimum Gasteiger partial charge on any atom is -0.299 e. The average molecular weight is 482 g/mol. The number of thioether (sulfide) groups is 1. The summed E-state index contributed by atoms with van der Waals surface area (Å²) in [6.45, 7) is 2.00. The smallest absolute Gasteiger partial charge is 0.155 e. The summed E-state index contributed by atoms with van der Waals surface area (Å²) in [5.41, 5.74) is 1.76. The molecule has 3 unspecified atom stereocenters. The summed E-state index contributed by atoms with van der Waals surface area (Å²) in [6, 6.07) is 13.8. The maximum absolute atomic E-state index is 13.3. The molecule has 0 heterocycles. The van der Waals surface area contributed by atoms with Crippen molar-refractivity contribution in [2.75, 3.05) is 6.26 Å². The maximum Gasteiger partial charge on any atom is 0.155 e. The number of halogens is 2. The van der Waals surface area contributed by atoms with Crippen LogP contribution < -0.4 is 0 Å². The van der Waals surface area contributed by atoms with E-state index in [0.29, 0.717) is 6.42 Å². The molecule has 1 aliphatic rings. The van der Waals surface area contributed by atoms with Gasteiger partial charge < -0.3 is 0 Å². The van der Waals surface area contributed by atoms with E-state index in [1.54, 1.807) is 11.8 Å². The second-order valence-electron chi connectivity index (χ2n) is 6.40. The fraction of sp³-hybridized carbons (Fsp3) is 0.300. The highest BCUT2D eigenvalue weighted by Crippen LogP contribution is 2.42. The molecule has 25 heavy (non-hydrogen) atoms. The Balaban J connectivity index is 2.00. The van der Waals surface area contributed by atoms with Gasteiger partial charge in [-0.2, -0.15) is 0 Å². The monoisotopic (exact) mass is 480 g/mol. The lowest BCUT2D eigenvalue weighted by Gasteiger charge is -2.33. The molecule has 1 fully saturated rings. The van der Waals surface area contributed by atoms with E-state index in [0.717, 1.165) is 20.1 Å². The molecule has 0 radical (unpaired) electrons. The molecule has 0 aliphatic heterocycles. The van der Waals surface area contributed by atoms with Gasteiger partial charge in [0.05, 0.1) is 0 Å². The van der Waals surface area contributed by atoms with Crippen molar-refractivity contribution in [1.29, 1.82) is 0 Å². The molecular formula is C20H18Br2O2S. The lowest BCUT2D eigenvalue weighted by atomic mass is 9.68. The van der Waals surface area contributed by atoms with Crippen molar-refractivity contribution in [3.05, 3.63) is 62.5 Å². The first-order valence-corrected chi connectivity index (χ1v) is 10.9. The number of rotatable bonds is 3. The van der Waals surface area contributed by atoms with Gasteiger partial charge in [0, 0.05) is 26.2 Å². The summed E-state index contributed by atoms with van der Waals surface area (Å²) in [5.74, 6) is -0.898. The van der Waals surface area contributed by atoms with Gasteiger partial charge in [-0.1, -0.05) is 57.0 Å². The minimum absolute atomic E-state index is 0.00340. The third-order valence-corrected chi connectivity index (χ3v) is 6.68. The van der Waals surface area contributed by atoms with Gasteiger partial charge in [-0.05, 0) is 47.6 Å². The molecule has 130 valence electrons. The number of carbonyl (C=O) groups excluding carboxylic acids is 2. The van der Waals surface area contributed by atoms with E-state index in [1.807, 2.05) is 55.6 Å². The average Bonchev–Trinajstić information content (AvgIpc) is 2.57. The fourth-order valence-corrected chi connectivity index (χ4v) is 5.22. The van der Waals surface area contributed by atoms with Crippen molar-refractivity contribution in [3.8, 4) is 0 Å². The molecule has 0 N–H and O–H groups in total. The van der Waals surface area contributed by atoms with E-state index in [1.165, 1.54) is 4.90 Å². The zero-order valence-corrected chi connectivity index (χ0v) is 17.9. The van der Waals surface area contributed by atoms with Crippen LogP contribution in [0.4, 0.5) is 0 Å². The topological polar surface area (TPSA) is 34.1 Å². The van der Waals surface area contributed by atoms with Gasteiger partial charge >= 0.3 is 0 Å². The summed E-state index contributed by atoms with van der Waals surface area (Å²) in [4.78, 5) is 27.1. The van der Waals surface area contributed by atoms with Gasteiger partial charge in [0.25, 0.3) is 0 Å². The first-order chi connectivity index (χ1) is 11.9. The second kappa shape index (κ2) is 7.77. The Hall–Kier alpha value is -0.910. The van der Waals surface area contributed by atoms with Crippen molar-refractivity contribution in [2.45, 2.75) is 30.1 Å². The van der Waals surface area contributed by atoms with Crippen molar-refractivity contribution in [3.63, 3.8) is 0 Å². The van der Waals surface area contributed by atoms with Crippen LogP contribution in [0.1, 0.15) is 36.3 Å². The largest absolute Gasteiger partial charge is 0.299 e. The molecule has 0 aromatic heterocycles. The molecule has 5 heteroatoms. The van der Waals surface area contributed by atoms with Gasteiger partial charge in [0.2, 0.25) is 0 Å². The van der Waals surface area contributed by atoms with Crippen molar-refractivity contribution in [1.82, 2.24) is 0 Å². The standard InChI is InChI=1S/C20H18Br2O2S/c1-11-9-17(23)19(15-8-5-13(21)10-16(15)22)20(24)18(11)12-3-6-14(25-2)7-4-12/h3-8,10-11,18-19H,9H2,1-2H3. The van der Waals surface area contributed by atoms with E-state index in [4.69, 9.17) is 0 Å². The van der Waals surface area contributed by atoms with Crippen LogP contribution in [-0.2, 0) is 9.59 Å². The lowest BCUT2D eigenvalue weighted by molar-refractivity contribution is -0.134. The molecule has 1 aliphatic carbocycles. The van der Waals surface area contributed by atoms with Crippen LogP contribution >= 0.6 is 43.6 Å². The zero-order chi connectivity index (χ0) is 18.1. The van der Waals surface area contributed by atoms with Gasteiger partial charge in [-0.25, -0.2) is 0 Å². The van der Waals surface area contributed by atoms with Crippen LogP contribution in [0.5, 0.6) is 0 Å². The number of carbonyl (C=O) groups is 2. The highest BCUT2D eigenvalue weighted by molar-refractivity contribution is 9.11. The van der Waals surface area contributed by atoms with Crippen molar-refractivity contribution in [2.24, 2.45) is 5.92 Å². The van der Waals surface area contributed by atoms with Crippen molar-refractivity contribution >= 4 is 55.2 Å². The zero-order valence-electron chi connectivity index (χ0n) is 14.0. The van der Waals surface area contributed by atoms with Gasteiger partial charge in [0.15, 0.2) is 5.78 Å². The Kier molecular flexibility index (Phi) is 5.86. The van der Waals surface area contributed by atoms with E-state index >= 15 is 0 Å². The van der Waals surface area contributed by atoms with E-state index in [2.05, 4.69) is 31.9 Å². The fourth-order valence-electron chi connectivity index (χ4n) is 3.54. The van der Waals surface area contributed by atoms with Crippen LogP contribution in [0.3, 0.4) is 0 Å². The normalized spacial score (nSPS) is 23.8. The molecule has 2 nitrogen and oxygen atoms in total. The highest BCUT2D eigenvalue weighted by Gasteiger charge is 2.43. The van der Waals surface area contributed by atoms with Crippen LogP contribution in [0.15, 0.2) is 56.3 Å². The van der Waals surface area contributed by atoms with Crippen LogP contribution in [0.2, 0.25) is 0 Å². The SMILES string of the molecule is CSc1ccc(C2C(=O)C(c3ccc(Br)cc3Br)C(=O)CC2C)cc1. The maximum atomic E-state index is 13.3. The molecular weight excluding hydrogens is 464 g/mol. The third-order valence-electron chi connectivity index (χ3n) is 4.75. The molecule has 0 bridgehead atoms. The summed E-state index contributed by atoms with van der Waals surface area (Å²) in [7, 11) is 0. The molecule has 2 aromatic carbocycles. The molecule has 1 saturated carbocycles. The lowest BCUT2D eigenvalue weighted by Crippen LogP contribution is -2.37. The quantitative estimate of drug-likeness (QED) is 0.399. The first-order valence-electron chi connectivity index (χ1n) is 8.07. The second-order valence-corrected chi connectivity index (χ2v) is 9.05. The summed E-state index contributed by atoms with van der Waals surface area (Å²) in [5, 5.41) is 0. The third kappa shape index (κ3) is 3.79. The number of benzene rings is 2.